The van der Waals surface area contributed by atoms with Gasteiger partial charge in [-0.2, -0.15) is 0 Å². The molecule has 0 saturated heterocycles. The Morgan fingerprint density at radius 2 is 2.00 bits per heavy atom. The van der Waals surface area contributed by atoms with Crippen LogP contribution in [0.1, 0.15) is 18.9 Å². The first kappa shape index (κ1) is 14.7. The summed E-state index contributed by atoms with van der Waals surface area (Å²) in [6, 6.07) is 10.2. The minimum Gasteiger partial charge on any atom is -0.370 e. The molecular weight excluding hydrogens is 228 g/mol. The summed E-state index contributed by atoms with van der Waals surface area (Å²) < 4.78 is 5.26. The third-order valence-corrected chi connectivity index (χ3v) is 2.40. The lowest BCUT2D eigenvalue weighted by atomic mass is 10.2. The zero-order valence-corrected chi connectivity index (χ0v) is 10.9. The van der Waals surface area contributed by atoms with Gasteiger partial charge in [0.25, 0.3) is 0 Å². The number of hydrogen-bond acceptors (Lipinski definition) is 3. The van der Waals surface area contributed by atoms with Crippen LogP contribution in [-0.4, -0.2) is 32.2 Å². The van der Waals surface area contributed by atoms with Crippen LogP contribution < -0.4 is 10.6 Å². The lowest BCUT2D eigenvalue weighted by Crippen LogP contribution is -2.29. The van der Waals surface area contributed by atoms with Gasteiger partial charge < -0.3 is 15.4 Å². The van der Waals surface area contributed by atoms with Gasteiger partial charge in [0.05, 0.1) is 6.61 Å². The Morgan fingerprint density at radius 1 is 1.22 bits per heavy atom. The second-order valence-corrected chi connectivity index (χ2v) is 4.06. The molecule has 0 aliphatic carbocycles. The van der Waals surface area contributed by atoms with Crippen LogP contribution in [0.15, 0.2) is 30.3 Å². The molecule has 18 heavy (non-hydrogen) atoms. The van der Waals surface area contributed by atoms with Crippen LogP contribution in [0.3, 0.4) is 0 Å². The van der Waals surface area contributed by atoms with E-state index in [1.54, 1.807) is 0 Å². The van der Waals surface area contributed by atoms with E-state index in [1.807, 2.05) is 25.1 Å². The molecular formula is C14H22N2O2. The molecule has 0 radical (unpaired) electrons. The molecule has 1 aromatic carbocycles. The van der Waals surface area contributed by atoms with Gasteiger partial charge in [-0.1, -0.05) is 37.3 Å². The maximum absolute atomic E-state index is 11.2. The van der Waals surface area contributed by atoms with Gasteiger partial charge >= 0.3 is 0 Å². The largest absolute Gasteiger partial charge is 0.370 e. The Hall–Kier alpha value is -1.39. The zero-order chi connectivity index (χ0) is 13.1. The summed E-state index contributed by atoms with van der Waals surface area (Å²) in [5, 5.41) is 6.03. The van der Waals surface area contributed by atoms with Crippen molar-refractivity contribution < 1.29 is 9.53 Å². The van der Waals surface area contributed by atoms with Crippen molar-refractivity contribution in [2.75, 3.05) is 26.3 Å². The van der Waals surface area contributed by atoms with Gasteiger partial charge in [-0.05, 0) is 12.0 Å². The second kappa shape index (κ2) is 9.62. The minimum absolute atomic E-state index is 0.0418. The SMILES string of the molecule is CCCNC(=O)COCCNCc1ccccc1. The van der Waals surface area contributed by atoms with Crippen LogP contribution in [-0.2, 0) is 16.1 Å². The molecule has 1 aromatic rings. The molecule has 1 rings (SSSR count). The summed E-state index contributed by atoms with van der Waals surface area (Å²) in [5.41, 5.74) is 1.25. The molecule has 2 N–H and O–H groups in total. The molecule has 4 heteroatoms. The molecule has 100 valence electrons. The standard InChI is InChI=1S/C14H22N2O2/c1-2-8-16-14(17)12-18-10-9-15-11-13-6-4-3-5-7-13/h3-7,15H,2,8-12H2,1H3,(H,16,17). The molecule has 0 aromatic heterocycles. The van der Waals surface area contributed by atoms with Crippen molar-refractivity contribution in [1.29, 1.82) is 0 Å². The van der Waals surface area contributed by atoms with Crippen LogP contribution in [0.4, 0.5) is 0 Å². The number of rotatable bonds is 9. The monoisotopic (exact) mass is 250 g/mol. The van der Waals surface area contributed by atoms with E-state index in [2.05, 4.69) is 22.8 Å². The van der Waals surface area contributed by atoms with E-state index >= 15 is 0 Å². The van der Waals surface area contributed by atoms with Crippen LogP contribution >= 0.6 is 0 Å². The highest BCUT2D eigenvalue weighted by molar-refractivity contribution is 5.77. The van der Waals surface area contributed by atoms with Crippen molar-refractivity contribution in [2.45, 2.75) is 19.9 Å². The molecule has 0 atom stereocenters. The number of carbonyl (C=O) groups excluding carboxylic acids is 1. The van der Waals surface area contributed by atoms with Crippen molar-refractivity contribution in [2.24, 2.45) is 0 Å². The van der Waals surface area contributed by atoms with Crippen molar-refractivity contribution in [3.8, 4) is 0 Å². The number of amides is 1. The maximum Gasteiger partial charge on any atom is 0.245 e. The molecule has 0 saturated carbocycles. The minimum atomic E-state index is -0.0418. The average molecular weight is 250 g/mol. The number of carbonyl (C=O) groups is 1. The number of ether oxygens (including phenoxy) is 1. The number of benzene rings is 1. The highest BCUT2D eigenvalue weighted by atomic mass is 16.5. The Kier molecular flexibility index (Phi) is 7.84. The van der Waals surface area contributed by atoms with Crippen LogP contribution in [0.2, 0.25) is 0 Å². The Balaban J connectivity index is 1.94. The van der Waals surface area contributed by atoms with Crippen molar-refractivity contribution in [3.63, 3.8) is 0 Å². The predicted molar refractivity (Wildman–Crippen MR) is 72.3 cm³/mol. The van der Waals surface area contributed by atoms with Crippen molar-refractivity contribution in [1.82, 2.24) is 10.6 Å². The first-order chi connectivity index (χ1) is 8.83. The van der Waals surface area contributed by atoms with E-state index in [0.29, 0.717) is 13.2 Å². The Morgan fingerprint density at radius 3 is 2.72 bits per heavy atom. The average Bonchev–Trinajstić information content (AvgIpc) is 2.41. The lowest BCUT2D eigenvalue weighted by Gasteiger charge is -2.06. The first-order valence-corrected chi connectivity index (χ1v) is 6.42. The van der Waals surface area contributed by atoms with Gasteiger partial charge in [0.15, 0.2) is 0 Å². The quantitative estimate of drug-likeness (QED) is 0.650. The second-order valence-electron chi connectivity index (χ2n) is 4.06. The van der Waals surface area contributed by atoms with Gasteiger partial charge in [0.2, 0.25) is 5.91 Å². The molecule has 1 amide bonds. The topological polar surface area (TPSA) is 50.4 Å². The van der Waals surface area contributed by atoms with Crippen LogP contribution in [0, 0.1) is 0 Å². The third-order valence-electron chi connectivity index (χ3n) is 2.40. The van der Waals surface area contributed by atoms with E-state index in [9.17, 15) is 4.79 Å². The third kappa shape index (κ3) is 7.04. The number of hydrogen-bond donors (Lipinski definition) is 2. The van der Waals surface area contributed by atoms with Crippen molar-refractivity contribution in [3.05, 3.63) is 35.9 Å². The van der Waals surface area contributed by atoms with E-state index in [0.717, 1.165) is 19.5 Å². The lowest BCUT2D eigenvalue weighted by molar-refractivity contribution is -0.125. The van der Waals surface area contributed by atoms with Gasteiger partial charge in [0, 0.05) is 19.6 Å². The Labute approximate surface area is 109 Å². The van der Waals surface area contributed by atoms with Gasteiger partial charge in [-0.25, -0.2) is 0 Å². The van der Waals surface area contributed by atoms with E-state index in [1.165, 1.54) is 5.56 Å². The van der Waals surface area contributed by atoms with Crippen LogP contribution in [0.25, 0.3) is 0 Å². The normalized spacial score (nSPS) is 10.3. The fourth-order valence-corrected chi connectivity index (χ4v) is 1.45. The van der Waals surface area contributed by atoms with Gasteiger partial charge in [-0.15, -0.1) is 0 Å². The molecule has 0 unspecified atom stereocenters. The Bertz CT molecular complexity index is 328. The summed E-state index contributed by atoms with van der Waals surface area (Å²) in [6.07, 6.45) is 0.949. The van der Waals surface area contributed by atoms with E-state index in [4.69, 9.17) is 4.74 Å². The zero-order valence-electron chi connectivity index (χ0n) is 10.9. The van der Waals surface area contributed by atoms with Crippen molar-refractivity contribution >= 4 is 5.91 Å². The van der Waals surface area contributed by atoms with E-state index in [-0.39, 0.29) is 12.5 Å². The molecule has 0 aliphatic heterocycles. The van der Waals surface area contributed by atoms with E-state index < -0.39 is 0 Å². The summed E-state index contributed by atoms with van der Waals surface area (Å²) in [7, 11) is 0. The van der Waals surface area contributed by atoms with Gasteiger partial charge in [-0.3, -0.25) is 4.79 Å². The fourth-order valence-electron chi connectivity index (χ4n) is 1.45. The molecule has 0 spiro atoms. The van der Waals surface area contributed by atoms with Gasteiger partial charge in [0.1, 0.15) is 6.61 Å². The highest BCUT2D eigenvalue weighted by Crippen LogP contribution is 1.96. The first-order valence-electron chi connectivity index (χ1n) is 6.42. The van der Waals surface area contributed by atoms with Crippen LogP contribution in [0.5, 0.6) is 0 Å². The number of nitrogens with one attached hydrogen (secondary N) is 2. The molecule has 0 heterocycles. The molecule has 0 bridgehead atoms. The molecule has 0 aliphatic rings. The molecule has 4 nitrogen and oxygen atoms in total. The summed E-state index contributed by atoms with van der Waals surface area (Å²) >= 11 is 0. The highest BCUT2D eigenvalue weighted by Gasteiger charge is 1.98. The molecule has 0 fully saturated rings. The summed E-state index contributed by atoms with van der Waals surface area (Å²) in [6.45, 7) is 5.00. The smallest absolute Gasteiger partial charge is 0.245 e. The summed E-state index contributed by atoms with van der Waals surface area (Å²) in [4.78, 5) is 11.2. The summed E-state index contributed by atoms with van der Waals surface area (Å²) in [5.74, 6) is -0.0418. The maximum atomic E-state index is 11.2. The predicted octanol–water partition coefficient (Wildman–Crippen LogP) is 1.32. The fraction of sp³-hybridized carbons (Fsp3) is 0.500.